The molecule has 7 heteroatoms. The van der Waals surface area contributed by atoms with Crippen LogP contribution in [0.5, 0.6) is 0 Å². The van der Waals surface area contributed by atoms with Gasteiger partial charge in [0.15, 0.2) is 0 Å². The minimum atomic E-state index is -0.826. The first-order valence-electron chi connectivity index (χ1n) is 8.27. The van der Waals surface area contributed by atoms with Gasteiger partial charge < -0.3 is 19.5 Å². The molecule has 2 unspecified atom stereocenters. The van der Waals surface area contributed by atoms with Crippen LogP contribution in [-0.2, 0) is 14.3 Å². The molecule has 3 saturated heterocycles. The van der Waals surface area contributed by atoms with Crippen LogP contribution in [0.3, 0.4) is 0 Å². The number of morpholine rings is 1. The summed E-state index contributed by atoms with van der Waals surface area (Å²) in [5.41, 5.74) is -1.02. The van der Waals surface area contributed by atoms with E-state index in [1.54, 1.807) is 4.90 Å². The lowest BCUT2D eigenvalue weighted by Gasteiger charge is -2.56. The highest BCUT2D eigenvalue weighted by atomic mass is 16.6. The van der Waals surface area contributed by atoms with Crippen molar-refractivity contribution in [1.82, 2.24) is 9.80 Å². The normalized spacial score (nSPS) is 30.0. The van der Waals surface area contributed by atoms with Gasteiger partial charge in [-0.05, 0) is 33.6 Å². The molecular formula is C16H26N2O5. The number of carbonyl (C=O) groups excluding carboxylic acids is 1. The van der Waals surface area contributed by atoms with E-state index < -0.39 is 17.1 Å². The lowest BCUT2D eigenvalue weighted by Crippen LogP contribution is -2.74. The van der Waals surface area contributed by atoms with Crippen molar-refractivity contribution in [3.63, 3.8) is 0 Å². The van der Waals surface area contributed by atoms with E-state index in [-0.39, 0.29) is 24.7 Å². The van der Waals surface area contributed by atoms with Gasteiger partial charge in [0.1, 0.15) is 5.60 Å². The Balaban J connectivity index is 1.66. The largest absolute Gasteiger partial charge is 0.481 e. The van der Waals surface area contributed by atoms with Crippen LogP contribution < -0.4 is 0 Å². The summed E-state index contributed by atoms with van der Waals surface area (Å²) in [6.07, 6.45) is 2.17. The molecule has 3 aliphatic heterocycles. The second kappa shape index (κ2) is 5.63. The SMILES string of the molecule is CC(C)(C)OC(=O)N1CC(CC(=O)O)(N2CC3CCC(C2)O3)C1. The minimum absolute atomic E-state index is 0.0474. The van der Waals surface area contributed by atoms with Gasteiger partial charge in [-0.15, -0.1) is 0 Å². The fraction of sp³-hybridized carbons (Fsp3) is 0.875. The smallest absolute Gasteiger partial charge is 0.410 e. The van der Waals surface area contributed by atoms with E-state index in [0.717, 1.165) is 25.9 Å². The van der Waals surface area contributed by atoms with Crippen molar-refractivity contribution < 1.29 is 24.2 Å². The Hall–Kier alpha value is -1.34. The molecule has 2 atom stereocenters. The second-order valence-corrected chi connectivity index (χ2v) is 7.99. The number of carboxylic acids is 1. The van der Waals surface area contributed by atoms with Crippen molar-refractivity contribution in [3.05, 3.63) is 0 Å². The summed E-state index contributed by atoms with van der Waals surface area (Å²) in [4.78, 5) is 27.3. The lowest BCUT2D eigenvalue weighted by molar-refractivity contribution is -0.154. The summed E-state index contributed by atoms with van der Waals surface area (Å²) in [6.45, 7) is 7.82. The summed E-state index contributed by atoms with van der Waals surface area (Å²) in [6, 6.07) is 0. The Labute approximate surface area is 136 Å². The summed E-state index contributed by atoms with van der Waals surface area (Å²) in [5, 5.41) is 9.31. The van der Waals surface area contributed by atoms with Gasteiger partial charge in [-0.2, -0.15) is 0 Å². The Morgan fingerprint density at radius 2 is 1.78 bits per heavy atom. The number of nitrogens with zero attached hydrogens (tertiary/aromatic N) is 2. The van der Waals surface area contributed by atoms with Crippen molar-refractivity contribution in [2.75, 3.05) is 26.2 Å². The molecule has 23 heavy (non-hydrogen) atoms. The van der Waals surface area contributed by atoms with Gasteiger partial charge in [-0.25, -0.2) is 4.79 Å². The van der Waals surface area contributed by atoms with Gasteiger partial charge >= 0.3 is 12.1 Å². The van der Waals surface area contributed by atoms with Crippen LogP contribution in [-0.4, -0.2) is 76.5 Å². The van der Waals surface area contributed by atoms with Crippen LogP contribution in [0.15, 0.2) is 0 Å². The number of likely N-dealkylation sites (tertiary alicyclic amines) is 2. The van der Waals surface area contributed by atoms with Crippen LogP contribution >= 0.6 is 0 Å². The number of hydrogen-bond donors (Lipinski definition) is 1. The number of amides is 1. The van der Waals surface area contributed by atoms with Gasteiger partial charge in [-0.1, -0.05) is 0 Å². The van der Waals surface area contributed by atoms with Crippen LogP contribution in [0.1, 0.15) is 40.0 Å². The monoisotopic (exact) mass is 326 g/mol. The van der Waals surface area contributed by atoms with Crippen molar-refractivity contribution in [1.29, 1.82) is 0 Å². The Morgan fingerprint density at radius 3 is 2.26 bits per heavy atom. The number of carboxylic acid groups (broad SMARTS) is 1. The van der Waals surface area contributed by atoms with E-state index in [1.165, 1.54) is 0 Å². The fourth-order valence-corrected chi connectivity index (χ4v) is 3.83. The number of fused-ring (bicyclic) bond motifs is 2. The van der Waals surface area contributed by atoms with E-state index in [0.29, 0.717) is 13.1 Å². The first kappa shape index (κ1) is 16.5. The minimum Gasteiger partial charge on any atom is -0.481 e. The standard InChI is InChI=1S/C16H26N2O5/c1-15(2,3)23-14(21)17-9-16(10-17,6-13(19)20)18-7-11-4-5-12(8-18)22-11/h11-12H,4-10H2,1-3H3,(H,19,20). The number of rotatable bonds is 3. The summed E-state index contributed by atoms with van der Waals surface area (Å²) in [7, 11) is 0. The summed E-state index contributed by atoms with van der Waals surface area (Å²) in [5.74, 6) is -0.826. The zero-order chi connectivity index (χ0) is 16.8. The number of carbonyl (C=O) groups is 2. The van der Waals surface area contributed by atoms with E-state index in [1.807, 2.05) is 20.8 Å². The number of ether oxygens (including phenoxy) is 2. The molecule has 3 aliphatic rings. The van der Waals surface area contributed by atoms with Crippen LogP contribution in [0.4, 0.5) is 4.79 Å². The molecule has 0 spiro atoms. The maximum absolute atomic E-state index is 12.2. The predicted octanol–water partition coefficient (Wildman–Crippen LogP) is 1.31. The zero-order valence-corrected chi connectivity index (χ0v) is 14.1. The number of hydrogen-bond acceptors (Lipinski definition) is 5. The van der Waals surface area contributed by atoms with Crippen LogP contribution in [0.25, 0.3) is 0 Å². The van der Waals surface area contributed by atoms with Crippen LogP contribution in [0.2, 0.25) is 0 Å². The van der Waals surface area contributed by atoms with Gasteiger partial charge in [0, 0.05) is 26.2 Å². The molecule has 0 aromatic heterocycles. The van der Waals surface area contributed by atoms with Crippen LogP contribution in [0, 0.1) is 0 Å². The molecule has 3 fully saturated rings. The molecule has 7 nitrogen and oxygen atoms in total. The second-order valence-electron chi connectivity index (χ2n) is 7.99. The molecule has 0 aliphatic carbocycles. The summed E-state index contributed by atoms with van der Waals surface area (Å²) < 4.78 is 11.2. The molecule has 0 saturated carbocycles. The van der Waals surface area contributed by atoms with Gasteiger partial charge in [0.2, 0.25) is 0 Å². The fourth-order valence-electron chi connectivity index (χ4n) is 3.83. The molecule has 3 rings (SSSR count). The molecule has 1 N–H and O–H groups in total. The maximum atomic E-state index is 12.2. The molecule has 0 radical (unpaired) electrons. The third kappa shape index (κ3) is 3.45. The topological polar surface area (TPSA) is 79.3 Å². The van der Waals surface area contributed by atoms with E-state index in [2.05, 4.69) is 4.90 Å². The van der Waals surface area contributed by atoms with E-state index in [9.17, 15) is 14.7 Å². The Bertz CT molecular complexity index is 483. The highest BCUT2D eigenvalue weighted by Gasteiger charge is 2.54. The quantitative estimate of drug-likeness (QED) is 0.842. The highest BCUT2D eigenvalue weighted by Crippen LogP contribution is 2.37. The first-order valence-corrected chi connectivity index (χ1v) is 8.27. The van der Waals surface area contributed by atoms with Gasteiger partial charge in [0.05, 0.1) is 24.2 Å². The first-order chi connectivity index (χ1) is 10.7. The molecular weight excluding hydrogens is 300 g/mol. The molecule has 3 heterocycles. The third-order valence-corrected chi connectivity index (χ3v) is 4.82. The predicted molar refractivity (Wildman–Crippen MR) is 82.3 cm³/mol. The molecule has 130 valence electrons. The number of aliphatic carboxylic acids is 1. The van der Waals surface area contributed by atoms with E-state index in [4.69, 9.17) is 9.47 Å². The lowest BCUT2D eigenvalue weighted by atomic mass is 9.83. The Morgan fingerprint density at radius 1 is 1.22 bits per heavy atom. The zero-order valence-electron chi connectivity index (χ0n) is 14.1. The third-order valence-electron chi connectivity index (χ3n) is 4.82. The van der Waals surface area contributed by atoms with Crippen molar-refractivity contribution >= 4 is 12.1 Å². The van der Waals surface area contributed by atoms with Gasteiger partial charge in [-0.3, -0.25) is 9.69 Å². The Kier molecular flexibility index (Phi) is 4.04. The van der Waals surface area contributed by atoms with E-state index >= 15 is 0 Å². The summed E-state index contributed by atoms with van der Waals surface area (Å²) >= 11 is 0. The molecule has 0 aromatic carbocycles. The molecule has 2 bridgehead atoms. The maximum Gasteiger partial charge on any atom is 0.410 e. The van der Waals surface area contributed by atoms with Gasteiger partial charge in [0.25, 0.3) is 0 Å². The average molecular weight is 326 g/mol. The average Bonchev–Trinajstić information content (AvgIpc) is 2.69. The molecule has 1 amide bonds. The molecule has 0 aromatic rings. The van der Waals surface area contributed by atoms with Crippen molar-refractivity contribution in [2.45, 2.75) is 63.4 Å². The highest BCUT2D eigenvalue weighted by molar-refractivity contribution is 5.73. The van der Waals surface area contributed by atoms with Crippen molar-refractivity contribution in [2.24, 2.45) is 0 Å². The van der Waals surface area contributed by atoms with Crippen molar-refractivity contribution in [3.8, 4) is 0 Å².